The number of benzene rings is 2. The molecule has 0 bridgehead atoms. The van der Waals surface area contributed by atoms with Crippen molar-refractivity contribution < 1.29 is 19.0 Å². The Morgan fingerprint density at radius 3 is 2.04 bits per heavy atom. The molecule has 0 aliphatic rings. The minimum atomic E-state index is -0.314. The van der Waals surface area contributed by atoms with Crippen molar-refractivity contribution in [2.24, 2.45) is 0 Å². The minimum absolute atomic E-state index is 0.122. The van der Waals surface area contributed by atoms with Gasteiger partial charge >= 0.3 is 6.03 Å². The zero-order valence-electron chi connectivity index (χ0n) is 15.9. The second-order valence-corrected chi connectivity index (χ2v) is 5.83. The predicted octanol–water partition coefficient (Wildman–Crippen LogP) is 4.16. The number of ether oxygens (including phenoxy) is 3. The molecule has 0 aromatic heterocycles. The first kappa shape index (κ1) is 19.4. The number of anilines is 1. The predicted molar refractivity (Wildman–Crippen MR) is 102 cm³/mol. The van der Waals surface area contributed by atoms with Gasteiger partial charge < -0.3 is 24.8 Å². The summed E-state index contributed by atoms with van der Waals surface area (Å²) in [5, 5.41) is 5.72. The molecule has 6 nitrogen and oxygen atoms in total. The van der Waals surface area contributed by atoms with Crippen LogP contribution in [-0.2, 0) is 6.42 Å². The molecule has 2 N–H and O–H groups in total. The lowest BCUT2D eigenvalue weighted by atomic mass is 10.1. The average Bonchev–Trinajstić information content (AvgIpc) is 2.66. The molecule has 26 heavy (non-hydrogen) atoms. The van der Waals surface area contributed by atoms with Crippen LogP contribution < -0.4 is 24.8 Å². The van der Waals surface area contributed by atoms with Crippen LogP contribution in [0.25, 0.3) is 0 Å². The summed E-state index contributed by atoms with van der Waals surface area (Å²) in [4.78, 5) is 12.3. The third-order valence-electron chi connectivity index (χ3n) is 4.16. The SMILES string of the molecule is CCc1ccc([C@H](C)NC(=O)Nc2cc(OC)c(OC)c(OC)c2)cc1. The van der Waals surface area contributed by atoms with E-state index in [4.69, 9.17) is 14.2 Å². The van der Waals surface area contributed by atoms with Gasteiger partial charge in [-0.05, 0) is 24.5 Å². The van der Waals surface area contributed by atoms with Crippen molar-refractivity contribution in [3.8, 4) is 17.2 Å². The molecular formula is C20H26N2O4. The first-order chi connectivity index (χ1) is 12.5. The van der Waals surface area contributed by atoms with Gasteiger partial charge in [0.15, 0.2) is 11.5 Å². The topological polar surface area (TPSA) is 68.8 Å². The van der Waals surface area contributed by atoms with E-state index in [1.165, 1.54) is 26.9 Å². The molecule has 0 fully saturated rings. The second-order valence-electron chi connectivity index (χ2n) is 5.83. The normalized spacial score (nSPS) is 11.4. The Kier molecular flexibility index (Phi) is 6.72. The van der Waals surface area contributed by atoms with Gasteiger partial charge in [-0.3, -0.25) is 0 Å². The Hall–Kier alpha value is -2.89. The van der Waals surface area contributed by atoms with E-state index < -0.39 is 0 Å². The quantitative estimate of drug-likeness (QED) is 0.780. The van der Waals surface area contributed by atoms with Crippen LogP contribution in [0.5, 0.6) is 17.2 Å². The standard InChI is InChI=1S/C20H26N2O4/c1-6-14-7-9-15(10-8-14)13(2)21-20(23)22-16-11-17(24-3)19(26-5)18(12-16)25-4/h7-13H,6H2,1-5H3,(H2,21,22,23)/t13-/m0/s1. The fourth-order valence-electron chi connectivity index (χ4n) is 2.64. The van der Waals surface area contributed by atoms with Gasteiger partial charge in [0.25, 0.3) is 0 Å². The molecule has 6 heteroatoms. The lowest BCUT2D eigenvalue weighted by molar-refractivity contribution is 0.249. The molecule has 0 saturated heterocycles. The van der Waals surface area contributed by atoms with Crippen LogP contribution in [0, 0.1) is 0 Å². The largest absolute Gasteiger partial charge is 0.493 e. The van der Waals surface area contributed by atoms with Crippen LogP contribution in [-0.4, -0.2) is 27.4 Å². The molecule has 140 valence electrons. The lowest BCUT2D eigenvalue weighted by Gasteiger charge is -2.17. The van der Waals surface area contributed by atoms with Crippen LogP contribution >= 0.6 is 0 Å². The van der Waals surface area contributed by atoms with Crippen LogP contribution in [0.15, 0.2) is 36.4 Å². The van der Waals surface area contributed by atoms with E-state index in [0.717, 1.165) is 12.0 Å². The Bertz CT molecular complexity index is 719. The van der Waals surface area contributed by atoms with E-state index in [1.807, 2.05) is 19.1 Å². The number of nitrogens with one attached hydrogen (secondary N) is 2. The average molecular weight is 358 g/mol. The van der Waals surface area contributed by atoms with Crippen molar-refractivity contribution in [3.05, 3.63) is 47.5 Å². The first-order valence-electron chi connectivity index (χ1n) is 8.48. The number of hydrogen-bond acceptors (Lipinski definition) is 4. The highest BCUT2D eigenvalue weighted by atomic mass is 16.5. The van der Waals surface area contributed by atoms with E-state index in [0.29, 0.717) is 22.9 Å². The van der Waals surface area contributed by atoms with Crippen molar-refractivity contribution in [1.82, 2.24) is 5.32 Å². The van der Waals surface area contributed by atoms with E-state index in [1.54, 1.807) is 12.1 Å². The number of methoxy groups -OCH3 is 3. The van der Waals surface area contributed by atoms with Gasteiger partial charge in [0.2, 0.25) is 5.75 Å². The molecule has 2 aromatic carbocycles. The second kappa shape index (κ2) is 8.99. The summed E-state index contributed by atoms with van der Waals surface area (Å²) in [5.41, 5.74) is 2.86. The number of aryl methyl sites for hydroxylation is 1. The molecule has 0 spiro atoms. The van der Waals surface area contributed by atoms with Crippen LogP contribution in [0.2, 0.25) is 0 Å². The van der Waals surface area contributed by atoms with Crippen molar-refractivity contribution in [1.29, 1.82) is 0 Å². The Morgan fingerprint density at radius 1 is 1.00 bits per heavy atom. The van der Waals surface area contributed by atoms with Crippen LogP contribution in [0.3, 0.4) is 0 Å². The summed E-state index contributed by atoms with van der Waals surface area (Å²) in [6.45, 7) is 4.05. The molecular weight excluding hydrogens is 332 g/mol. The third-order valence-corrected chi connectivity index (χ3v) is 4.16. The molecule has 1 atom stereocenters. The highest BCUT2D eigenvalue weighted by Crippen LogP contribution is 2.39. The Labute approximate surface area is 154 Å². The third kappa shape index (κ3) is 4.59. The smallest absolute Gasteiger partial charge is 0.319 e. The molecule has 0 aliphatic heterocycles. The van der Waals surface area contributed by atoms with Crippen molar-refractivity contribution in [2.45, 2.75) is 26.3 Å². The molecule has 0 radical (unpaired) electrons. The molecule has 0 heterocycles. The maximum Gasteiger partial charge on any atom is 0.319 e. The number of carbonyl (C=O) groups is 1. The summed E-state index contributed by atoms with van der Waals surface area (Å²) < 4.78 is 15.9. The fraction of sp³-hybridized carbons (Fsp3) is 0.350. The van der Waals surface area contributed by atoms with Gasteiger partial charge in [-0.1, -0.05) is 31.2 Å². The van der Waals surface area contributed by atoms with Crippen LogP contribution in [0.4, 0.5) is 10.5 Å². The highest BCUT2D eigenvalue weighted by molar-refractivity contribution is 5.90. The Balaban J connectivity index is 2.08. The first-order valence-corrected chi connectivity index (χ1v) is 8.48. The summed E-state index contributed by atoms with van der Waals surface area (Å²) in [6, 6.07) is 11.1. The van der Waals surface area contributed by atoms with E-state index >= 15 is 0 Å². The van der Waals surface area contributed by atoms with E-state index in [-0.39, 0.29) is 12.1 Å². The zero-order chi connectivity index (χ0) is 19.1. The molecule has 2 amide bonds. The highest BCUT2D eigenvalue weighted by Gasteiger charge is 2.15. The summed E-state index contributed by atoms with van der Waals surface area (Å²) in [5.74, 6) is 1.43. The number of rotatable bonds is 7. The van der Waals surface area contributed by atoms with Crippen molar-refractivity contribution >= 4 is 11.7 Å². The minimum Gasteiger partial charge on any atom is -0.493 e. The van der Waals surface area contributed by atoms with Crippen molar-refractivity contribution in [2.75, 3.05) is 26.6 Å². The van der Waals surface area contributed by atoms with E-state index in [9.17, 15) is 4.79 Å². The van der Waals surface area contributed by atoms with Gasteiger partial charge in [0.1, 0.15) is 0 Å². The van der Waals surface area contributed by atoms with Gasteiger partial charge in [-0.25, -0.2) is 4.79 Å². The molecule has 0 unspecified atom stereocenters. The maximum absolute atomic E-state index is 12.3. The number of hydrogen-bond donors (Lipinski definition) is 2. The summed E-state index contributed by atoms with van der Waals surface area (Å²) in [7, 11) is 4.60. The van der Waals surface area contributed by atoms with E-state index in [2.05, 4.69) is 29.7 Å². The number of carbonyl (C=O) groups excluding carboxylic acids is 1. The fourth-order valence-corrected chi connectivity index (χ4v) is 2.64. The lowest BCUT2D eigenvalue weighted by Crippen LogP contribution is -2.31. The van der Waals surface area contributed by atoms with Gasteiger partial charge in [-0.2, -0.15) is 0 Å². The Morgan fingerprint density at radius 2 is 1.58 bits per heavy atom. The van der Waals surface area contributed by atoms with Gasteiger partial charge in [0, 0.05) is 12.1 Å². The summed E-state index contributed by atoms with van der Waals surface area (Å²) >= 11 is 0. The maximum atomic E-state index is 12.3. The van der Waals surface area contributed by atoms with Crippen LogP contribution in [0.1, 0.15) is 31.0 Å². The zero-order valence-corrected chi connectivity index (χ0v) is 15.9. The summed E-state index contributed by atoms with van der Waals surface area (Å²) in [6.07, 6.45) is 0.990. The molecule has 2 rings (SSSR count). The van der Waals surface area contributed by atoms with Crippen molar-refractivity contribution in [3.63, 3.8) is 0 Å². The monoisotopic (exact) mass is 358 g/mol. The number of urea groups is 1. The molecule has 0 aliphatic carbocycles. The number of amides is 2. The molecule has 0 saturated carbocycles. The molecule has 2 aromatic rings. The van der Waals surface area contributed by atoms with Gasteiger partial charge in [0.05, 0.1) is 33.1 Å². The van der Waals surface area contributed by atoms with Gasteiger partial charge in [-0.15, -0.1) is 0 Å².